The molecule has 2 amide bonds. The van der Waals surface area contributed by atoms with E-state index in [0.717, 1.165) is 29.0 Å². The molecule has 3 heterocycles. The summed E-state index contributed by atoms with van der Waals surface area (Å²) in [6.07, 6.45) is -0.706. The zero-order chi connectivity index (χ0) is 29.7. The molecular weight excluding hydrogens is 585 g/mol. The van der Waals surface area contributed by atoms with Gasteiger partial charge in [0.05, 0.1) is 17.7 Å². The van der Waals surface area contributed by atoms with Crippen molar-refractivity contribution in [3.63, 3.8) is 0 Å². The molecule has 1 aliphatic heterocycles. The van der Waals surface area contributed by atoms with Gasteiger partial charge in [0.2, 0.25) is 0 Å². The van der Waals surface area contributed by atoms with Crippen LogP contribution in [0.25, 0.3) is 11.1 Å². The molecule has 0 spiro atoms. The molecule has 3 aromatic rings. The third-order valence-corrected chi connectivity index (χ3v) is 11.0. The molecule has 1 aliphatic rings. The number of thiophene rings is 1. The first-order valence-corrected chi connectivity index (χ1v) is 16.3. The first-order chi connectivity index (χ1) is 19.5. The van der Waals surface area contributed by atoms with Crippen LogP contribution in [0.4, 0.5) is 9.93 Å². The van der Waals surface area contributed by atoms with E-state index in [1.54, 1.807) is 6.92 Å². The molecule has 0 saturated carbocycles. The number of hydrogen-bond acceptors (Lipinski definition) is 10. The Labute approximate surface area is 249 Å². The van der Waals surface area contributed by atoms with E-state index < -0.39 is 16.1 Å². The predicted molar refractivity (Wildman–Crippen MR) is 162 cm³/mol. The van der Waals surface area contributed by atoms with Gasteiger partial charge in [-0.05, 0) is 62.1 Å². The maximum Gasteiger partial charge on any atom is 0.413 e. The molecule has 2 N–H and O–H groups in total. The van der Waals surface area contributed by atoms with E-state index in [1.807, 2.05) is 38.5 Å². The van der Waals surface area contributed by atoms with Gasteiger partial charge in [-0.15, -0.1) is 11.3 Å². The van der Waals surface area contributed by atoms with Crippen molar-refractivity contribution in [1.82, 2.24) is 24.4 Å². The lowest BCUT2D eigenvalue weighted by Crippen LogP contribution is -2.52. The molecule has 0 bridgehead atoms. The number of amides is 2. The second-order valence-corrected chi connectivity index (χ2v) is 14.3. The highest BCUT2D eigenvalue weighted by molar-refractivity contribution is 7.91. The maximum atomic E-state index is 13.3. The molecule has 0 aliphatic carbocycles. The fraction of sp³-hybridized carbons (Fsp3) is 0.444. The summed E-state index contributed by atoms with van der Waals surface area (Å²) in [5.74, 6) is -0.114. The van der Waals surface area contributed by atoms with Crippen LogP contribution in [0, 0.1) is 6.92 Å². The van der Waals surface area contributed by atoms with Gasteiger partial charge in [0, 0.05) is 45.3 Å². The third kappa shape index (κ3) is 7.90. The van der Waals surface area contributed by atoms with Crippen LogP contribution in [-0.2, 0) is 21.3 Å². The van der Waals surface area contributed by atoms with Crippen molar-refractivity contribution in [2.24, 2.45) is 0 Å². The van der Waals surface area contributed by atoms with Crippen LogP contribution >= 0.6 is 22.7 Å². The molecule has 11 nitrogen and oxygen atoms in total. The molecular formula is C27H36N6O5S3. The number of methoxy groups -OCH3 is 1. The number of carbonyl (C=O) groups excluding carboxylic acids is 2. The van der Waals surface area contributed by atoms with Crippen LogP contribution in [0.5, 0.6) is 0 Å². The van der Waals surface area contributed by atoms with Gasteiger partial charge >= 0.3 is 6.09 Å². The maximum absolute atomic E-state index is 13.3. The number of hydrogen-bond donors (Lipinski definition) is 2. The summed E-state index contributed by atoms with van der Waals surface area (Å²) in [5.41, 5.74) is 3.66. The smallest absolute Gasteiger partial charge is 0.413 e. The lowest BCUT2D eigenvalue weighted by atomic mass is 10.1. The van der Waals surface area contributed by atoms with Crippen LogP contribution in [-0.4, -0.2) is 99.5 Å². The summed E-state index contributed by atoms with van der Waals surface area (Å²) in [6, 6.07) is 10.2. The van der Waals surface area contributed by atoms with Crippen LogP contribution in [0.15, 0.2) is 39.9 Å². The number of piperazine rings is 1. The number of nitrogens with one attached hydrogen (secondary N) is 2. The highest BCUT2D eigenvalue weighted by atomic mass is 32.2. The first-order valence-electron chi connectivity index (χ1n) is 13.1. The van der Waals surface area contributed by atoms with Gasteiger partial charge in [-0.2, -0.15) is 4.31 Å². The third-order valence-electron chi connectivity index (χ3n) is 6.55. The van der Waals surface area contributed by atoms with E-state index in [2.05, 4.69) is 48.4 Å². The SMILES string of the molecule is COC(=O)Nc1nc(C)c(S(=O)(=O)N2CCN(CC(C)NC(=O)c3cc(-c4cccc(CN(C)C)c4)cs3)CC2)s1. The van der Waals surface area contributed by atoms with Gasteiger partial charge in [-0.25, -0.2) is 18.2 Å². The largest absolute Gasteiger partial charge is 0.453 e. The fourth-order valence-electron chi connectivity index (χ4n) is 4.63. The monoisotopic (exact) mass is 620 g/mol. The van der Waals surface area contributed by atoms with Gasteiger partial charge in [-0.3, -0.25) is 15.0 Å². The van der Waals surface area contributed by atoms with E-state index in [1.165, 1.54) is 28.3 Å². The van der Waals surface area contributed by atoms with Crippen LogP contribution in [0.1, 0.15) is 27.9 Å². The van der Waals surface area contributed by atoms with Crippen molar-refractivity contribution >= 4 is 49.8 Å². The molecule has 1 saturated heterocycles. The summed E-state index contributed by atoms with van der Waals surface area (Å²) < 4.78 is 32.6. The van der Waals surface area contributed by atoms with Crippen molar-refractivity contribution in [3.05, 3.63) is 51.8 Å². The van der Waals surface area contributed by atoms with Crippen molar-refractivity contribution in [1.29, 1.82) is 0 Å². The number of sulfonamides is 1. The standard InChI is InChI=1S/C27H36N6O5S3/c1-18(28-24(34)23-14-22(17-39-23)21-8-6-7-20(13-21)16-31(3)4)15-32-9-11-33(12-10-32)41(36,37)25-19(2)29-26(40-25)30-27(35)38-5/h6-8,13-14,17-18H,9-12,15-16H2,1-5H3,(H,28,34)(H,29,30,35). The Kier molecular flexibility index (Phi) is 10.2. The zero-order valence-corrected chi connectivity index (χ0v) is 26.3. The normalized spacial score (nSPS) is 15.6. The highest BCUT2D eigenvalue weighted by Crippen LogP contribution is 2.30. The molecule has 41 heavy (non-hydrogen) atoms. The van der Waals surface area contributed by atoms with Crippen LogP contribution in [0.2, 0.25) is 0 Å². The Balaban J connectivity index is 1.29. The molecule has 2 aromatic heterocycles. The lowest BCUT2D eigenvalue weighted by Gasteiger charge is -2.35. The highest BCUT2D eigenvalue weighted by Gasteiger charge is 2.32. The Morgan fingerprint density at radius 1 is 1.15 bits per heavy atom. The van der Waals surface area contributed by atoms with Gasteiger partial charge in [-0.1, -0.05) is 29.5 Å². The minimum absolute atomic E-state index is 0.109. The second kappa shape index (κ2) is 13.4. The number of aromatic nitrogens is 1. The van der Waals surface area contributed by atoms with Gasteiger partial charge < -0.3 is 15.0 Å². The molecule has 1 atom stereocenters. The number of rotatable bonds is 10. The average Bonchev–Trinajstić information content (AvgIpc) is 3.56. The summed E-state index contributed by atoms with van der Waals surface area (Å²) in [4.78, 5) is 33.5. The molecule has 4 rings (SSSR count). The van der Waals surface area contributed by atoms with Crippen molar-refractivity contribution in [3.8, 4) is 11.1 Å². The lowest BCUT2D eigenvalue weighted by molar-refractivity contribution is 0.0926. The molecule has 1 aromatic carbocycles. The van der Waals surface area contributed by atoms with Crippen molar-refractivity contribution in [2.45, 2.75) is 30.6 Å². The number of carbonyl (C=O) groups is 2. The van der Waals surface area contributed by atoms with E-state index >= 15 is 0 Å². The Morgan fingerprint density at radius 3 is 2.56 bits per heavy atom. The molecule has 1 fully saturated rings. The van der Waals surface area contributed by atoms with E-state index in [9.17, 15) is 18.0 Å². The molecule has 0 radical (unpaired) electrons. The molecule has 1 unspecified atom stereocenters. The topological polar surface area (TPSA) is 124 Å². The summed E-state index contributed by atoms with van der Waals surface area (Å²) in [5, 5.41) is 7.69. The number of anilines is 1. The fourth-order valence-corrected chi connectivity index (χ4v) is 8.41. The van der Waals surface area contributed by atoms with E-state index in [0.29, 0.717) is 43.3 Å². The zero-order valence-electron chi connectivity index (χ0n) is 23.8. The van der Waals surface area contributed by atoms with Gasteiger partial charge in [0.1, 0.15) is 0 Å². The van der Waals surface area contributed by atoms with Crippen molar-refractivity contribution < 1.29 is 22.7 Å². The Hall–Kier alpha value is -2.88. The summed E-state index contributed by atoms with van der Waals surface area (Å²) in [7, 11) is 1.55. The van der Waals surface area contributed by atoms with Gasteiger partial charge in [0.15, 0.2) is 9.34 Å². The van der Waals surface area contributed by atoms with Crippen LogP contribution < -0.4 is 10.6 Å². The Bertz CT molecular complexity index is 1480. The predicted octanol–water partition coefficient (Wildman–Crippen LogP) is 3.54. The van der Waals surface area contributed by atoms with Crippen molar-refractivity contribution in [2.75, 3.05) is 59.2 Å². The number of thiazole rings is 1. The average molecular weight is 621 g/mol. The Morgan fingerprint density at radius 2 is 1.88 bits per heavy atom. The number of nitrogens with zero attached hydrogens (tertiary/aromatic N) is 4. The quantitative estimate of drug-likeness (QED) is 0.353. The molecule has 222 valence electrons. The second-order valence-electron chi connectivity index (χ2n) is 10.2. The van der Waals surface area contributed by atoms with E-state index in [-0.39, 0.29) is 21.3 Å². The van der Waals surface area contributed by atoms with Crippen LogP contribution in [0.3, 0.4) is 0 Å². The number of ether oxygens (including phenoxy) is 1. The number of benzene rings is 1. The first kappa shape index (κ1) is 31.1. The number of aryl methyl sites for hydroxylation is 1. The summed E-state index contributed by atoms with van der Waals surface area (Å²) in [6.45, 7) is 6.74. The molecule has 14 heteroatoms. The van der Waals surface area contributed by atoms with E-state index in [4.69, 9.17) is 0 Å². The summed E-state index contributed by atoms with van der Waals surface area (Å²) >= 11 is 2.33. The van der Waals surface area contributed by atoms with Gasteiger partial charge in [0.25, 0.3) is 15.9 Å². The minimum atomic E-state index is -3.75. The minimum Gasteiger partial charge on any atom is -0.453 e.